The summed E-state index contributed by atoms with van der Waals surface area (Å²) < 4.78 is 7.36. The fourth-order valence-electron chi connectivity index (χ4n) is 2.39. The van der Waals surface area contributed by atoms with Gasteiger partial charge < -0.3 is 15.0 Å². The number of hydrogen-bond acceptors (Lipinski definition) is 3. The molecule has 1 aliphatic heterocycles. The van der Waals surface area contributed by atoms with Crippen molar-refractivity contribution < 1.29 is 4.74 Å². The summed E-state index contributed by atoms with van der Waals surface area (Å²) in [5.41, 5.74) is 2.79. The van der Waals surface area contributed by atoms with Gasteiger partial charge in [0.15, 0.2) is 0 Å². The predicted molar refractivity (Wildman–Crippen MR) is 72.7 cm³/mol. The smallest absolute Gasteiger partial charge is 0.330 e. The van der Waals surface area contributed by atoms with Gasteiger partial charge in [-0.25, -0.2) is 4.79 Å². The van der Waals surface area contributed by atoms with Crippen molar-refractivity contribution in [1.29, 1.82) is 0 Å². The molecule has 1 aromatic heterocycles. The lowest BCUT2D eigenvalue weighted by atomic mass is 10.1. The van der Waals surface area contributed by atoms with Crippen molar-refractivity contribution in [2.75, 3.05) is 19.7 Å². The molecule has 5 heteroatoms. The molecule has 5 nitrogen and oxygen atoms in total. The number of aromatic nitrogens is 2. The van der Waals surface area contributed by atoms with Gasteiger partial charge >= 0.3 is 5.69 Å². The van der Waals surface area contributed by atoms with Gasteiger partial charge in [0.25, 0.3) is 0 Å². The van der Waals surface area contributed by atoms with E-state index in [4.69, 9.17) is 4.74 Å². The Morgan fingerprint density at radius 2 is 2.11 bits per heavy atom. The summed E-state index contributed by atoms with van der Waals surface area (Å²) in [7, 11) is 0. The lowest BCUT2D eigenvalue weighted by Crippen LogP contribution is -2.33. The van der Waals surface area contributed by atoms with E-state index in [1.807, 2.05) is 31.2 Å². The van der Waals surface area contributed by atoms with Gasteiger partial charge in [-0.15, -0.1) is 0 Å². The predicted octanol–water partition coefficient (Wildman–Crippen LogP) is 1.13. The number of nitrogens with one attached hydrogen (secondary N) is 2. The second-order valence-electron chi connectivity index (χ2n) is 4.73. The Morgan fingerprint density at radius 3 is 2.68 bits per heavy atom. The van der Waals surface area contributed by atoms with Gasteiger partial charge in [0.2, 0.25) is 0 Å². The summed E-state index contributed by atoms with van der Waals surface area (Å²) in [5.74, 6) is 0. The van der Waals surface area contributed by atoms with Gasteiger partial charge in [0.1, 0.15) is 0 Å². The molecule has 2 heterocycles. The largest absolute Gasteiger partial charge is 0.371 e. The standard InChI is InChI=1S/C14H17N3O2/c1-10-8-16-14(18)17(10)12-4-2-11(3-5-12)13-9-15-6-7-19-13/h2-5,8,13,15H,6-7,9H2,1H3,(H,16,18). The summed E-state index contributed by atoms with van der Waals surface area (Å²) in [6.07, 6.45) is 1.82. The van der Waals surface area contributed by atoms with Crippen molar-refractivity contribution in [2.45, 2.75) is 13.0 Å². The van der Waals surface area contributed by atoms with E-state index in [0.717, 1.165) is 36.6 Å². The van der Waals surface area contributed by atoms with Gasteiger partial charge in [-0.2, -0.15) is 0 Å². The molecule has 1 saturated heterocycles. The van der Waals surface area contributed by atoms with Crippen LogP contribution in [-0.4, -0.2) is 29.2 Å². The molecule has 0 spiro atoms. The van der Waals surface area contributed by atoms with Crippen molar-refractivity contribution in [3.05, 3.63) is 52.2 Å². The minimum atomic E-state index is -0.110. The third kappa shape index (κ3) is 2.34. The van der Waals surface area contributed by atoms with E-state index in [-0.39, 0.29) is 11.8 Å². The van der Waals surface area contributed by atoms with Crippen LogP contribution < -0.4 is 11.0 Å². The molecule has 0 bridgehead atoms. The number of imidazole rings is 1. The Hall–Kier alpha value is -1.85. The van der Waals surface area contributed by atoms with Crippen LogP contribution in [0, 0.1) is 6.92 Å². The van der Waals surface area contributed by atoms with Crippen molar-refractivity contribution in [2.24, 2.45) is 0 Å². The highest BCUT2D eigenvalue weighted by atomic mass is 16.5. The molecule has 0 saturated carbocycles. The van der Waals surface area contributed by atoms with E-state index >= 15 is 0 Å². The van der Waals surface area contributed by atoms with Crippen molar-refractivity contribution in [1.82, 2.24) is 14.9 Å². The molecule has 19 heavy (non-hydrogen) atoms. The van der Waals surface area contributed by atoms with E-state index in [1.165, 1.54) is 0 Å². The molecular weight excluding hydrogens is 242 g/mol. The van der Waals surface area contributed by atoms with Crippen LogP contribution in [0.1, 0.15) is 17.4 Å². The molecule has 1 aliphatic rings. The lowest BCUT2D eigenvalue weighted by molar-refractivity contribution is 0.0277. The van der Waals surface area contributed by atoms with E-state index < -0.39 is 0 Å². The first-order valence-corrected chi connectivity index (χ1v) is 6.45. The second kappa shape index (κ2) is 5.03. The van der Waals surface area contributed by atoms with Crippen LogP contribution in [0.2, 0.25) is 0 Å². The van der Waals surface area contributed by atoms with E-state index in [1.54, 1.807) is 10.8 Å². The monoisotopic (exact) mass is 259 g/mol. The van der Waals surface area contributed by atoms with Crippen LogP contribution in [0.4, 0.5) is 0 Å². The highest BCUT2D eigenvalue weighted by molar-refractivity contribution is 5.37. The fraction of sp³-hybridized carbons (Fsp3) is 0.357. The number of H-pyrrole nitrogens is 1. The first kappa shape index (κ1) is 12.2. The van der Waals surface area contributed by atoms with Gasteiger partial charge in [-0.1, -0.05) is 12.1 Å². The van der Waals surface area contributed by atoms with Crippen LogP contribution in [0.5, 0.6) is 0 Å². The number of nitrogens with zero attached hydrogens (tertiary/aromatic N) is 1. The second-order valence-corrected chi connectivity index (χ2v) is 4.73. The first-order valence-electron chi connectivity index (χ1n) is 6.45. The summed E-state index contributed by atoms with van der Waals surface area (Å²) in [6, 6.07) is 7.95. The molecule has 3 rings (SSSR count). The maximum atomic E-state index is 11.7. The van der Waals surface area contributed by atoms with Crippen molar-refractivity contribution in [3.63, 3.8) is 0 Å². The number of hydrogen-bond donors (Lipinski definition) is 2. The Kier molecular flexibility index (Phi) is 3.23. The van der Waals surface area contributed by atoms with Gasteiger partial charge in [0, 0.05) is 25.0 Å². The summed E-state index contributed by atoms with van der Waals surface area (Å²) >= 11 is 0. The van der Waals surface area contributed by atoms with Crippen LogP contribution in [-0.2, 0) is 4.74 Å². The maximum Gasteiger partial charge on any atom is 0.330 e. The number of rotatable bonds is 2. The Balaban J connectivity index is 1.88. The van der Waals surface area contributed by atoms with Crippen LogP contribution in [0.3, 0.4) is 0 Å². The van der Waals surface area contributed by atoms with Crippen molar-refractivity contribution >= 4 is 0 Å². The van der Waals surface area contributed by atoms with Crippen LogP contribution in [0.15, 0.2) is 35.3 Å². The fourth-order valence-corrected chi connectivity index (χ4v) is 2.39. The zero-order valence-electron chi connectivity index (χ0n) is 10.8. The Morgan fingerprint density at radius 1 is 1.32 bits per heavy atom. The molecule has 0 amide bonds. The highest BCUT2D eigenvalue weighted by Crippen LogP contribution is 2.20. The van der Waals surface area contributed by atoms with E-state index in [0.29, 0.717) is 0 Å². The molecular formula is C14H17N3O2. The van der Waals surface area contributed by atoms with Crippen molar-refractivity contribution in [3.8, 4) is 5.69 Å². The zero-order valence-corrected chi connectivity index (χ0v) is 10.8. The SMILES string of the molecule is Cc1c[nH]c(=O)n1-c1ccc(C2CNCCO2)cc1. The normalized spacial score (nSPS) is 19.5. The third-order valence-corrected chi connectivity index (χ3v) is 3.41. The summed E-state index contributed by atoms with van der Waals surface area (Å²) in [4.78, 5) is 14.4. The van der Waals surface area contributed by atoms with Crippen LogP contribution >= 0.6 is 0 Å². The molecule has 1 atom stereocenters. The minimum absolute atomic E-state index is 0.104. The molecule has 1 fully saturated rings. The summed E-state index contributed by atoms with van der Waals surface area (Å²) in [5, 5.41) is 3.31. The van der Waals surface area contributed by atoms with Gasteiger partial charge in [-0.3, -0.25) is 4.57 Å². The molecule has 1 unspecified atom stereocenters. The van der Waals surface area contributed by atoms with E-state index in [2.05, 4.69) is 10.3 Å². The molecule has 0 radical (unpaired) electrons. The average Bonchev–Trinajstić information content (AvgIpc) is 2.79. The molecule has 100 valence electrons. The number of morpholine rings is 1. The van der Waals surface area contributed by atoms with Gasteiger partial charge in [-0.05, 0) is 24.6 Å². The number of benzene rings is 1. The number of aryl methyl sites for hydroxylation is 1. The third-order valence-electron chi connectivity index (χ3n) is 3.41. The molecule has 1 aromatic carbocycles. The first-order chi connectivity index (χ1) is 9.25. The van der Waals surface area contributed by atoms with Crippen LogP contribution in [0.25, 0.3) is 5.69 Å². The highest BCUT2D eigenvalue weighted by Gasteiger charge is 2.15. The number of aromatic amines is 1. The quantitative estimate of drug-likeness (QED) is 0.850. The summed E-state index contributed by atoms with van der Waals surface area (Å²) in [6.45, 7) is 4.39. The minimum Gasteiger partial charge on any atom is -0.371 e. The molecule has 0 aliphatic carbocycles. The number of ether oxygens (including phenoxy) is 1. The van der Waals surface area contributed by atoms with Gasteiger partial charge in [0.05, 0.1) is 18.4 Å². The molecule has 2 aromatic rings. The lowest BCUT2D eigenvalue weighted by Gasteiger charge is -2.24. The van der Waals surface area contributed by atoms with E-state index in [9.17, 15) is 4.79 Å². The average molecular weight is 259 g/mol. The Bertz CT molecular complexity index is 606. The maximum absolute atomic E-state index is 11.7. The molecule has 2 N–H and O–H groups in total. The topological polar surface area (TPSA) is 59.0 Å². The Labute approximate surface area is 111 Å². The zero-order chi connectivity index (χ0) is 13.2.